The molecule has 0 fully saturated rings. The van der Waals surface area contributed by atoms with Gasteiger partial charge in [0.25, 0.3) is 0 Å². The molecule has 0 spiro atoms. The Kier molecular flexibility index (Phi) is 6.46. The van der Waals surface area contributed by atoms with Gasteiger partial charge in [-0.05, 0) is 57.6 Å². The molecular weight excluding hydrogens is 458 g/mol. The Bertz CT molecular complexity index is 1600. The molecule has 0 N–H and O–H groups in total. The highest BCUT2D eigenvalue weighted by Gasteiger charge is 2.14. The fraction of sp³-hybridized carbons (Fsp3) is 0. The summed E-state index contributed by atoms with van der Waals surface area (Å²) in [5, 5.41) is 0. The molecule has 0 saturated carbocycles. The lowest BCUT2D eigenvalue weighted by Gasteiger charge is -2.13. The zero-order chi connectivity index (χ0) is 25.9. The lowest BCUT2D eigenvalue weighted by molar-refractivity contribution is 1.25. The van der Waals surface area contributed by atoms with Crippen molar-refractivity contribution in [3.05, 3.63) is 133 Å². The Balaban J connectivity index is 1.59. The molecule has 0 aliphatic heterocycles. The van der Waals surface area contributed by atoms with Gasteiger partial charge in [-0.15, -0.1) is 0 Å². The summed E-state index contributed by atoms with van der Waals surface area (Å²) in [5.41, 5.74) is 10.9. The molecule has 4 heteroatoms. The molecule has 2 aromatic heterocycles. The summed E-state index contributed by atoms with van der Waals surface area (Å²) in [6, 6.07) is 44.7. The van der Waals surface area contributed by atoms with Gasteiger partial charge >= 0.3 is 0 Å². The second-order valence-electron chi connectivity index (χ2n) is 9.24. The fourth-order valence-electron chi connectivity index (χ4n) is 4.61. The largest absolute Gasteiger partial charge is 0.246 e. The number of nitrogens with zero attached hydrogens (tertiary/aromatic N) is 2. The average molecular weight is 480 g/mol. The van der Waals surface area contributed by atoms with Crippen LogP contribution in [-0.2, 0) is 0 Å². The summed E-state index contributed by atoms with van der Waals surface area (Å²) < 4.78 is 0. The number of rotatable bonds is 5. The zero-order valence-corrected chi connectivity index (χ0v) is 20.8. The smallest absolute Gasteiger partial charge is 0.113 e. The van der Waals surface area contributed by atoms with E-state index in [1.807, 2.05) is 84.9 Å². The molecule has 0 amide bonds. The van der Waals surface area contributed by atoms with Gasteiger partial charge in [-0.1, -0.05) is 120 Å². The van der Waals surface area contributed by atoms with Crippen LogP contribution < -0.4 is 10.9 Å². The SMILES string of the molecule is [B]c1cccc(-c2cc(-c3ccccc3)cc(-c3cc(-c4ccccc4)cc(-c4cccc([B])c4)n3)n2)c1. The average Bonchev–Trinajstić information content (AvgIpc) is 2.97. The van der Waals surface area contributed by atoms with E-state index < -0.39 is 0 Å². The quantitative estimate of drug-likeness (QED) is 0.267. The van der Waals surface area contributed by atoms with Gasteiger partial charge in [0, 0.05) is 0 Å². The van der Waals surface area contributed by atoms with E-state index in [4.69, 9.17) is 25.7 Å². The van der Waals surface area contributed by atoms with Gasteiger partial charge in [0.2, 0.25) is 0 Å². The van der Waals surface area contributed by atoms with Crippen molar-refractivity contribution in [1.82, 2.24) is 9.97 Å². The number of aromatic nitrogens is 2. The summed E-state index contributed by atoms with van der Waals surface area (Å²) in [6.45, 7) is 0. The van der Waals surface area contributed by atoms with Crippen LogP contribution in [0.4, 0.5) is 0 Å². The van der Waals surface area contributed by atoms with Crippen LogP contribution in [0.1, 0.15) is 0 Å². The molecule has 6 rings (SSSR count). The molecule has 0 aliphatic rings. The normalized spacial score (nSPS) is 10.8. The second-order valence-corrected chi connectivity index (χ2v) is 9.24. The highest BCUT2D eigenvalue weighted by Crippen LogP contribution is 2.33. The van der Waals surface area contributed by atoms with E-state index >= 15 is 0 Å². The third-order valence-corrected chi connectivity index (χ3v) is 6.49. The summed E-state index contributed by atoms with van der Waals surface area (Å²) in [4.78, 5) is 10.2. The van der Waals surface area contributed by atoms with Crippen molar-refractivity contribution in [3.63, 3.8) is 0 Å². The van der Waals surface area contributed by atoms with Crippen LogP contribution in [0.25, 0.3) is 56.2 Å². The van der Waals surface area contributed by atoms with Crippen molar-refractivity contribution in [2.24, 2.45) is 0 Å². The van der Waals surface area contributed by atoms with Gasteiger partial charge in [0.1, 0.15) is 15.7 Å². The highest BCUT2D eigenvalue weighted by atomic mass is 14.8. The summed E-state index contributed by atoms with van der Waals surface area (Å²) >= 11 is 0. The van der Waals surface area contributed by atoms with Crippen molar-refractivity contribution < 1.29 is 0 Å². The topological polar surface area (TPSA) is 25.8 Å². The van der Waals surface area contributed by atoms with Crippen LogP contribution in [0.3, 0.4) is 0 Å². The molecule has 4 radical (unpaired) electrons. The number of hydrogen-bond donors (Lipinski definition) is 0. The lowest BCUT2D eigenvalue weighted by atomic mass is 9.92. The highest BCUT2D eigenvalue weighted by molar-refractivity contribution is 6.32. The minimum absolute atomic E-state index is 0.698. The van der Waals surface area contributed by atoms with E-state index in [2.05, 4.69) is 48.5 Å². The van der Waals surface area contributed by atoms with Crippen molar-refractivity contribution >= 4 is 26.6 Å². The van der Waals surface area contributed by atoms with Crippen LogP contribution >= 0.6 is 0 Å². The van der Waals surface area contributed by atoms with E-state index in [9.17, 15) is 0 Å². The third kappa shape index (κ3) is 5.07. The third-order valence-electron chi connectivity index (χ3n) is 6.49. The van der Waals surface area contributed by atoms with E-state index in [0.29, 0.717) is 10.9 Å². The molecule has 6 aromatic rings. The second kappa shape index (κ2) is 10.4. The fourth-order valence-corrected chi connectivity index (χ4v) is 4.61. The Labute approximate surface area is 225 Å². The first-order chi connectivity index (χ1) is 18.6. The van der Waals surface area contributed by atoms with Gasteiger partial charge < -0.3 is 0 Å². The van der Waals surface area contributed by atoms with Gasteiger partial charge in [0.15, 0.2) is 0 Å². The van der Waals surface area contributed by atoms with E-state index in [1.54, 1.807) is 0 Å². The predicted molar refractivity (Wildman–Crippen MR) is 160 cm³/mol. The maximum Gasteiger partial charge on any atom is 0.113 e. The van der Waals surface area contributed by atoms with Gasteiger partial charge in [-0.25, -0.2) is 9.97 Å². The Morgan fingerprint density at radius 3 is 1.08 bits per heavy atom. The Morgan fingerprint density at radius 2 is 0.684 bits per heavy atom. The van der Waals surface area contributed by atoms with E-state index in [1.165, 1.54) is 0 Å². The zero-order valence-electron chi connectivity index (χ0n) is 20.8. The maximum absolute atomic E-state index is 6.12. The lowest BCUT2D eigenvalue weighted by Crippen LogP contribution is -2.02. The number of hydrogen-bond acceptors (Lipinski definition) is 2. The number of pyridine rings is 2. The van der Waals surface area contributed by atoms with Crippen LogP contribution in [0.5, 0.6) is 0 Å². The molecule has 174 valence electrons. The summed E-state index contributed by atoms with van der Waals surface area (Å²) in [7, 11) is 12.2. The summed E-state index contributed by atoms with van der Waals surface area (Å²) in [6.07, 6.45) is 0. The van der Waals surface area contributed by atoms with Crippen molar-refractivity contribution in [2.75, 3.05) is 0 Å². The molecule has 0 bridgehead atoms. The monoisotopic (exact) mass is 480 g/mol. The first-order valence-electron chi connectivity index (χ1n) is 12.5. The molecule has 38 heavy (non-hydrogen) atoms. The van der Waals surface area contributed by atoms with Crippen molar-refractivity contribution in [3.8, 4) is 56.2 Å². The van der Waals surface area contributed by atoms with Crippen LogP contribution in [0.2, 0.25) is 0 Å². The first kappa shape index (κ1) is 23.7. The van der Waals surface area contributed by atoms with Gasteiger partial charge in [-0.3, -0.25) is 0 Å². The standard InChI is InChI=1S/C34H22B2N2/c35-29-15-7-13-25(17-29)31-19-27(23-9-3-1-4-10-23)21-33(37-31)34-22-28(24-11-5-2-6-12-24)20-32(38-34)26-14-8-16-30(36)18-26/h1-22H. The summed E-state index contributed by atoms with van der Waals surface area (Å²) in [5.74, 6) is 0. The minimum atomic E-state index is 0.698. The minimum Gasteiger partial charge on any atom is -0.246 e. The van der Waals surface area contributed by atoms with Crippen LogP contribution in [-0.4, -0.2) is 25.7 Å². The van der Waals surface area contributed by atoms with Crippen molar-refractivity contribution in [1.29, 1.82) is 0 Å². The molecular formula is C34H22B2N2. The van der Waals surface area contributed by atoms with E-state index in [0.717, 1.165) is 56.2 Å². The van der Waals surface area contributed by atoms with Gasteiger partial charge in [0.05, 0.1) is 22.8 Å². The first-order valence-corrected chi connectivity index (χ1v) is 12.5. The molecule has 0 aliphatic carbocycles. The molecule has 0 saturated heterocycles. The van der Waals surface area contributed by atoms with Crippen LogP contribution in [0.15, 0.2) is 133 Å². The molecule has 0 unspecified atom stereocenters. The Morgan fingerprint density at radius 1 is 0.316 bits per heavy atom. The van der Waals surface area contributed by atoms with Crippen molar-refractivity contribution in [2.45, 2.75) is 0 Å². The molecule has 2 heterocycles. The van der Waals surface area contributed by atoms with E-state index in [-0.39, 0.29) is 0 Å². The van der Waals surface area contributed by atoms with Crippen LogP contribution in [0, 0.1) is 0 Å². The molecule has 0 atom stereocenters. The Hall–Kier alpha value is -4.69. The predicted octanol–water partition coefficient (Wildman–Crippen LogP) is 6.40. The molecule has 4 aromatic carbocycles. The maximum atomic E-state index is 6.12. The van der Waals surface area contributed by atoms with Gasteiger partial charge in [-0.2, -0.15) is 0 Å². The number of benzene rings is 4. The molecule has 2 nitrogen and oxygen atoms in total.